The Balaban J connectivity index is 1.34. The lowest BCUT2D eigenvalue weighted by Gasteiger charge is -2.28. The number of piperidine rings is 1. The molecule has 166 valence electrons. The average Bonchev–Trinajstić information content (AvgIpc) is 3.10. The number of hydrogen-bond acceptors (Lipinski definition) is 4. The number of rotatable bonds is 4. The van der Waals surface area contributed by atoms with E-state index in [-0.39, 0.29) is 17.4 Å². The highest BCUT2D eigenvalue weighted by molar-refractivity contribution is 6.35. The highest BCUT2D eigenvalue weighted by Crippen LogP contribution is 2.31. The molecule has 3 aromatic carbocycles. The summed E-state index contributed by atoms with van der Waals surface area (Å²) in [6, 6.07) is 19.7. The molecule has 1 fully saturated rings. The second-order valence-corrected chi connectivity index (χ2v) is 8.54. The van der Waals surface area contributed by atoms with Crippen molar-refractivity contribution in [3.8, 4) is 0 Å². The fourth-order valence-corrected chi connectivity index (χ4v) is 4.53. The average molecular weight is 440 g/mol. The van der Waals surface area contributed by atoms with Gasteiger partial charge in [0.2, 0.25) is 0 Å². The molecular formula is C27H25N3O3. The van der Waals surface area contributed by atoms with Crippen LogP contribution in [0.2, 0.25) is 0 Å². The Kier molecular flexibility index (Phi) is 5.42. The van der Waals surface area contributed by atoms with Gasteiger partial charge in [-0.3, -0.25) is 14.4 Å². The zero-order valence-corrected chi connectivity index (χ0v) is 18.5. The summed E-state index contributed by atoms with van der Waals surface area (Å²) in [5, 5.41) is 2.89. The van der Waals surface area contributed by atoms with Crippen molar-refractivity contribution in [2.24, 2.45) is 0 Å². The third-order valence-corrected chi connectivity index (χ3v) is 6.35. The summed E-state index contributed by atoms with van der Waals surface area (Å²) in [6.07, 6.45) is 3.70. The van der Waals surface area contributed by atoms with E-state index in [2.05, 4.69) is 10.2 Å². The first-order valence-electron chi connectivity index (χ1n) is 11.3. The molecule has 0 spiro atoms. The van der Waals surface area contributed by atoms with Gasteiger partial charge in [0.1, 0.15) is 0 Å². The number of benzene rings is 3. The molecular weight excluding hydrogens is 414 g/mol. The van der Waals surface area contributed by atoms with Crippen LogP contribution in [-0.4, -0.2) is 30.8 Å². The van der Waals surface area contributed by atoms with Crippen LogP contribution in [0.5, 0.6) is 0 Å². The highest BCUT2D eigenvalue weighted by atomic mass is 16.2. The van der Waals surface area contributed by atoms with Crippen LogP contribution < -0.4 is 15.1 Å². The molecule has 6 heteroatoms. The fourth-order valence-electron chi connectivity index (χ4n) is 4.53. The first-order chi connectivity index (χ1) is 16.0. The molecule has 1 N–H and O–H groups in total. The van der Waals surface area contributed by atoms with Crippen LogP contribution in [0.4, 0.5) is 17.1 Å². The Bertz CT molecular complexity index is 1240. The number of hydrogen-bond donors (Lipinski definition) is 1. The van der Waals surface area contributed by atoms with Crippen LogP contribution in [0, 0.1) is 6.92 Å². The van der Waals surface area contributed by atoms with Gasteiger partial charge in [-0.15, -0.1) is 0 Å². The first kappa shape index (κ1) is 20.9. The molecule has 0 unspecified atom stereocenters. The topological polar surface area (TPSA) is 69.7 Å². The third kappa shape index (κ3) is 3.89. The summed E-state index contributed by atoms with van der Waals surface area (Å²) in [6.45, 7) is 3.98. The lowest BCUT2D eigenvalue weighted by atomic mass is 10.1. The van der Waals surface area contributed by atoms with Crippen molar-refractivity contribution in [1.82, 2.24) is 0 Å². The second kappa shape index (κ2) is 8.54. The Morgan fingerprint density at radius 3 is 2.24 bits per heavy atom. The number of carbonyl (C=O) groups is 3. The number of imide groups is 1. The van der Waals surface area contributed by atoms with E-state index in [0.29, 0.717) is 22.5 Å². The fraction of sp³-hybridized carbons (Fsp3) is 0.222. The molecule has 6 nitrogen and oxygen atoms in total. The minimum absolute atomic E-state index is 0.247. The van der Waals surface area contributed by atoms with Crippen LogP contribution in [0.3, 0.4) is 0 Å². The van der Waals surface area contributed by atoms with Gasteiger partial charge in [-0.05, 0) is 80.3 Å². The van der Waals surface area contributed by atoms with E-state index in [4.69, 9.17) is 0 Å². The summed E-state index contributed by atoms with van der Waals surface area (Å²) in [7, 11) is 0. The van der Waals surface area contributed by atoms with Crippen LogP contribution in [0.25, 0.3) is 0 Å². The van der Waals surface area contributed by atoms with E-state index in [9.17, 15) is 14.4 Å². The monoisotopic (exact) mass is 439 g/mol. The Hall–Kier alpha value is -3.93. The largest absolute Gasteiger partial charge is 0.372 e. The van der Waals surface area contributed by atoms with Gasteiger partial charge in [-0.1, -0.05) is 18.2 Å². The Morgan fingerprint density at radius 1 is 0.818 bits per heavy atom. The lowest BCUT2D eigenvalue weighted by molar-refractivity contribution is 0.0925. The minimum atomic E-state index is -0.412. The van der Waals surface area contributed by atoms with E-state index < -0.39 is 5.91 Å². The maximum Gasteiger partial charge on any atom is 0.266 e. The van der Waals surface area contributed by atoms with E-state index in [0.717, 1.165) is 24.3 Å². The van der Waals surface area contributed by atoms with Crippen molar-refractivity contribution in [1.29, 1.82) is 0 Å². The molecule has 2 heterocycles. The van der Waals surface area contributed by atoms with E-state index in [1.165, 1.54) is 30.2 Å². The van der Waals surface area contributed by atoms with E-state index in [1.54, 1.807) is 24.3 Å². The van der Waals surface area contributed by atoms with E-state index in [1.807, 2.05) is 43.3 Å². The summed E-state index contributed by atoms with van der Waals surface area (Å²) < 4.78 is 0. The molecule has 3 aromatic rings. The predicted octanol–water partition coefficient (Wildman–Crippen LogP) is 5.04. The van der Waals surface area contributed by atoms with Gasteiger partial charge in [-0.25, -0.2) is 4.90 Å². The van der Waals surface area contributed by atoms with Crippen molar-refractivity contribution in [2.45, 2.75) is 26.2 Å². The van der Waals surface area contributed by atoms with Crippen molar-refractivity contribution in [3.63, 3.8) is 0 Å². The molecule has 0 aliphatic carbocycles. The summed E-state index contributed by atoms with van der Waals surface area (Å²) in [5.74, 6) is -1.10. The number of nitrogens with one attached hydrogen (secondary N) is 1. The smallest absolute Gasteiger partial charge is 0.266 e. The van der Waals surface area contributed by atoms with Crippen LogP contribution >= 0.6 is 0 Å². The molecule has 0 atom stereocenters. The van der Waals surface area contributed by atoms with Gasteiger partial charge in [0.05, 0.1) is 16.8 Å². The van der Waals surface area contributed by atoms with Crippen LogP contribution in [-0.2, 0) is 0 Å². The maximum atomic E-state index is 13.0. The molecule has 0 bridgehead atoms. The molecule has 0 saturated carbocycles. The van der Waals surface area contributed by atoms with Crippen molar-refractivity contribution in [3.05, 3.63) is 89.0 Å². The van der Waals surface area contributed by atoms with Crippen molar-refractivity contribution in [2.75, 3.05) is 28.2 Å². The summed E-state index contributed by atoms with van der Waals surface area (Å²) in [4.78, 5) is 42.3. The van der Waals surface area contributed by atoms with Crippen molar-refractivity contribution < 1.29 is 14.4 Å². The van der Waals surface area contributed by atoms with Crippen molar-refractivity contribution >= 4 is 34.8 Å². The normalized spacial score (nSPS) is 15.5. The van der Waals surface area contributed by atoms with Crippen LogP contribution in [0.15, 0.2) is 66.7 Å². The van der Waals surface area contributed by atoms with Gasteiger partial charge in [0, 0.05) is 30.0 Å². The Labute approximate surface area is 192 Å². The molecule has 33 heavy (non-hydrogen) atoms. The maximum absolute atomic E-state index is 13.0. The SMILES string of the molecule is Cc1ccccc1N1C(=O)c2ccc(C(=O)Nc3ccc(N4CCCCC4)cc3)cc2C1=O. The molecule has 0 aromatic heterocycles. The molecule has 0 radical (unpaired) electrons. The highest BCUT2D eigenvalue weighted by Gasteiger charge is 2.37. The van der Waals surface area contributed by atoms with Gasteiger partial charge in [0.25, 0.3) is 17.7 Å². The number of anilines is 3. The summed E-state index contributed by atoms with van der Waals surface area (Å²) >= 11 is 0. The lowest BCUT2D eigenvalue weighted by Crippen LogP contribution is -2.29. The molecule has 1 saturated heterocycles. The van der Waals surface area contributed by atoms with Gasteiger partial charge < -0.3 is 10.2 Å². The summed E-state index contributed by atoms with van der Waals surface area (Å²) in [5.41, 5.74) is 4.13. The number of fused-ring (bicyclic) bond motifs is 1. The number of nitrogens with zero attached hydrogens (tertiary/aromatic N) is 2. The van der Waals surface area contributed by atoms with E-state index >= 15 is 0 Å². The zero-order chi connectivity index (χ0) is 22.9. The number of amides is 3. The second-order valence-electron chi connectivity index (χ2n) is 8.54. The minimum Gasteiger partial charge on any atom is -0.372 e. The number of aryl methyl sites for hydroxylation is 1. The number of carbonyl (C=O) groups excluding carboxylic acids is 3. The van der Waals surface area contributed by atoms with Gasteiger partial charge >= 0.3 is 0 Å². The van der Waals surface area contributed by atoms with Crippen LogP contribution in [0.1, 0.15) is 55.9 Å². The number of para-hydroxylation sites is 1. The Morgan fingerprint density at radius 2 is 1.52 bits per heavy atom. The molecule has 2 aliphatic rings. The zero-order valence-electron chi connectivity index (χ0n) is 18.5. The first-order valence-corrected chi connectivity index (χ1v) is 11.3. The molecule has 2 aliphatic heterocycles. The van der Waals surface area contributed by atoms with Gasteiger partial charge in [-0.2, -0.15) is 0 Å². The molecule has 3 amide bonds. The predicted molar refractivity (Wildman–Crippen MR) is 129 cm³/mol. The third-order valence-electron chi connectivity index (χ3n) is 6.35. The molecule has 5 rings (SSSR count). The van der Waals surface area contributed by atoms with Gasteiger partial charge in [0.15, 0.2) is 0 Å². The standard InChI is InChI=1S/C27H25N3O3/c1-18-7-3-4-8-24(18)30-26(32)22-14-9-19(17-23(22)27(30)33)25(31)28-20-10-12-21(13-11-20)29-15-5-2-6-16-29/h3-4,7-14,17H,2,5-6,15-16H2,1H3,(H,28,31). The quantitative estimate of drug-likeness (QED) is 0.579.